The molecule has 100 valence electrons. The fourth-order valence-corrected chi connectivity index (χ4v) is 2.97. The van der Waals surface area contributed by atoms with Crippen LogP contribution in [-0.2, 0) is 16.5 Å². The molecule has 1 unspecified atom stereocenters. The second kappa shape index (κ2) is 5.38. The molecule has 1 aliphatic carbocycles. The standard InChI is InChI=1S/C13H19NO3S/c1-10-3-4-11-5-6-13(12(11)9-10)14-7-2-8-18(15,16)17/h3-4,9,13-14H,2,5-8H2,1H3,(H,15,16,17). The SMILES string of the molecule is Cc1ccc2c(c1)C(NCCCS(=O)(=O)O)CC2. The largest absolute Gasteiger partial charge is 0.310 e. The van der Waals surface area contributed by atoms with E-state index in [1.54, 1.807) is 0 Å². The number of benzene rings is 1. The molecule has 1 aromatic carbocycles. The predicted molar refractivity (Wildman–Crippen MR) is 71.3 cm³/mol. The van der Waals surface area contributed by atoms with Crippen LogP contribution in [0, 0.1) is 6.92 Å². The highest BCUT2D eigenvalue weighted by Crippen LogP contribution is 2.31. The Morgan fingerprint density at radius 2 is 2.22 bits per heavy atom. The maximum Gasteiger partial charge on any atom is 0.264 e. The van der Waals surface area contributed by atoms with Crippen LogP contribution in [0.1, 0.15) is 35.6 Å². The average molecular weight is 269 g/mol. The van der Waals surface area contributed by atoms with Gasteiger partial charge in [-0.2, -0.15) is 8.42 Å². The zero-order valence-corrected chi connectivity index (χ0v) is 11.3. The molecule has 2 rings (SSSR count). The maximum atomic E-state index is 10.6. The Balaban J connectivity index is 1.88. The molecule has 0 spiro atoms. The first-order valence-electron chi connectivity index (χ1n) is 6.24. The van der Waals surface area contributed by atoms with Crippen molar-refractivity contribution >= 4 is 10.1 Å². The van der Waals surface area contributed by atoms with Gasteiger partial charge in [-0.15, -0.1) is 0 Å². The molecule has 0 fully saturated rings. The number of aryl methyl sites for hydroxylation is 2. The van der Waals surface area contributed by atoms with E-state index in [-0.39, 0.29) is 5.75 Å². The summed E-state index contributed by atoms with van der Waals surface area (Å²) in [5.41, 5.74) is 3.97. The number of nitrogens with one attached hydrogen (secondary N) is 1. The van der Waals surface area contributed by atoms with E-state index in [0.717, 1.165) is 12.8 Å². The van der Waals surface area contributed by atoms with Crippen molar-refractivity contribution in [3.8, 4) is 0 Å². The van der Waals surface area contributed by atoms with E-state index in [2.05, 4.69) is 30.4 Å². The van der Waals surface area contributed by atoms with Gasteiger partial charge in [-0.3, -0.25) is 4.55 Å². The number of hydrogen-bond donors (Lipinski definition) is 2. The van der Waals surface area contributed by atoms with Gasteiger partial charge in [-0.05, 0) is 43.9 Å². The van der Waals surface area contributed by atoms with Crippen LogP contribution in [0.15, 0.2) is 18.2 Å². The van der Waals surface area contributed by atoms with Gasteiger partial charge < -0.3 is 5.32 Å². The lowest BCUT2D eigenvalue weighted by Gasteiger charge is -2.14. The van der Waals surface area contributed by atoms with E-state index in [1.165, 1.54) is 16.7 Å². The molecule has 0 saturated heterocycles. The first kappa shape index (κ1) is 13.5. The quantitative estimate of drug-likeness (QED) is 0.632. The van der Waals surface area contributed by atoms with Gasteiger partial charge >= 0.3 is 0 Å². The van der Waals surface area contributed by atoms with Crippen LogP contribution >= 0.6 is 0 Å². The molecule has 0 saturated carbocycles. The molecule has 0 heterocycles. The van der Waals surface area contributed by atoms with Gasteiger partial charge in [0.25, 0.3) is 10.1 Å². The molecule has 2 N–H and O–H groups in total. The molecule has 0 aromatic heterocycles. The van der Waals surface area contributed by atoms with Crippen molar-refractivity contribution in [2.24, 2.45) is 0 Å². The summed E-state index contributed by atoms with van der Waals surface area (Å²) >= 11 is 0. The Kier molecular flexibility index (Phi) is 4.04. The van der Waals surface area contributed by atoms with E-state index in [1.807, 2.05) is 0 Å². The van der Waals surface area contributed by atoms with E-state index in [0.29, 0.717) is 19.0 Å². The van der Waals surface area contributed by atoms with Crippen molar-refractivity contribution in [1.29, 1.82) is 0 Å². The molecule has 0 amide bonds. The second-order valence-corrected chi connectivity index (χ2v) is 6.46. The zero-order chi connectivity index (χ0) is 13.2. The molecule has 5 heteroatoms. The lowest BCUT2D eigenvalue weighted by Crippen LogP contribution is -2.22. The summed E-state index contributed by atoms with van der Waals surface area (Å²) in [7, 11) is -3.83. The molecule has 4 nitrogen and oxygen atoms in total. The Morgan fingerprint density at radius 3 is 2.94 bits per heavy atom. The van der Waals surface area contributed by atoms with Gasteiger partial charge in [-0.25, -0.2) is 0 Å². The van der Waals surface area contributed by atoms with Crippen LogP contribution < -0.4 is 5.32 Å². The highest BCUT2D eigenvalue weighted by molar-refractivity contribution is 7.85. The van der Waals surface area contributed by atoms with Gasteiger partial charge in [0.1, 0.15) is 0 Å². The van der Waals surface area contributed by atoms with Gasteiger partial charge in [0, 0.05) is 6.04 Å². The highest BCUT2D eigenvalue weighted by atomic mass is 32.2. The average Bonchev–Trinajstić information content (AvgIpc) is 2.66. The minimum atomic E-state index is -3.83. The molecule has 0 radical (unpaired) electrons. The van der Waals surface area contributed by atoms with Gasteiger partial charge in [0.15, 0.2) is 0 Å². The molecule has 0 aliphatic heterocycles. The Hall–Kier alpha value is -0.910. The monoisotopic (exact) mass is 269 g/mol. The number of hydrogen-bond acceptors (Lipinski definition) is 3. The third-order valence-electron chi connectivity index (χ3n) is 3.35. The number of fused-ring (bicyclic) bond motifs is 1. The highest BCUT2D eigenvalue weighted by Gasteiger charge is 2.21. The van der Waals surface area contributed by atoms with Crippen LogP contribution in [0.3, 0.4) is 0 Å². The van der Waals surface area contributed by atoms with Crippen molar-refractivity contribution in [2.75, 3.05) is 12.3 Å². The molecule has 0 bridgehead atoms. The summed E-state index contributed by atoms with van der Waals surface area (Å²) < 4.78 is 29.8. The maximum absolute atomic E-state index is 10.6. The van der Waals surface area contributed by atoms with Crippen LogP contribution in [0.4, 0.5) is 0 Å². The summed E-state index contributed by atoms with van der Waals surface area (Å²) in [6, 6.07) is 6.81. The van der Waals surface area contributed by atoms with Gasteiger partial charge in [0.05, 0.1) is 5.75 Å². The Morgan fingerprint density at radius 1 is 1.44 bits per heavy atom. The van der Waals surface area contributed by atoms with E-state index in [4.69, 9.17) is 4.55 Å². The summed E-state index contributed by atoms with van der Waals surface area (Å²) in [5.74, 6) is -0.173. The van der Waals surface area contributed by atoms with E-state index >= 15 is 0 Å². The summed E-state index contributed by atoms with van der Waals surface area (Å²) in [4.78, 5) is 0. The number of rotatable bonds is 5. The minimum absolute atomic E-state index is 0.173. The smallest absolute Gasteiger partial charge is 0.264 e. The van der Waals surface area contributed by atoms with Crippen LogP contribution in [0.5, 0.6) is 0 Å². The fourth-order valence-electron chi connectivity index (χ4n) is 2.46. The molecular formula is C13H19NO3S. The van der Waals surface area contributed by atoms with E-state index in [9.17, 15) is 8.42 Å². The summed E-state index contributed by atoms with van der Waals surface area (Å²) in [5, 5.41) is 3.36. The van der Waals surface area contributed by atoms with Crippen LogP contribution in [-0.4, -0.2) is 25.3 Å². The fraction of sp³-hybridized carbons (Fsp3) is 0.538. The topological polar surface area (TPSA) is 66.4 Å². The first-order chi connectivity index (χ1) is 8.46. The zero-order valence-electron chi connectivity index (χ0n) is 10.5. The summed E-state index contributed by atoms with van der Waals surface area (Å²) in [6.45, 7) is 2.69. The Bertz CT molecular complexity index is 525. The van der Waals surface area contributed by atoms with E-state index < -0.39 is 10.1 Å². The third kappa shape index (κ3) is 3.54. The molecule has 1 aromatic rings. The van der Waals surface area contributed by atoms with Crippen molar-refractivity contribution in [1.82, 2.24) is 5.32 Å². The van der Waals surface area contributed by atoms with Gasteiger partial charge in [-0.1, -0.05) is 23.8 Å². The molecular weight excluding hydrogens is 250 g/mol. The van der Waals surface area contributed by atoms with Crippen molar-refractivity contribution in [3.05, 3.63) is 34.9 Å². The first-order valence-corrected chi connectivity index (χ1v) is 7.84. The Labute approximate surface area is 108 Å². The van der Waals surface area contributed by atoms with Crippen LogP contribution in [0.2, 0.25) is 0 Å². The van der Waals surface area contributed by atoms with Crippen molar-refractivity contribution in [2.45, 2.75) is 32.2 Å². The normalized spacial score (nSPS) is 18.9. The second-order valence-electron chi connectivity index (χ2n) is 4.89. The molecule has 18 heavy (non-hydrogen) atoms. The lowest BCUT2D eigenvalue weighted by atomic mass is 10.1. The predicted octanol–water partition coefficient (Wildman–Crippen LogP) is 1.85. The lowest BCUT2D eigenvalue weighted by molar-refractivity contribution is 0.475. The van der Waals surface area contributed by atoms with Crippen molar-refractivity contribution < 1.29 is 13.0 Å². The van der Waals surface area contributed by atoms with Crippen LogP contribution in [0.25, 0.3) is 0 Å². The van der Waals surface area contributed by atoms with Crippen molar-refractivity contribution in [3.63, 3.8) is 0 Å². The molecule has 1 aliphatic rings. The minimum Gasteiger partial charge on any atom is -0.310 e. The third-order valence-corrected chi connectivity index (χ3v) is 4.15. The van der Waals surface area contributed by atoms with Gasteiger partial charge in [0.2, 0.25) is 0 Å². The summed E-state index contributed by atoms with van der Waals surface area (Å²) in [6.07, 6.45) is 2.58. The molecule has 1 atom stereocenters.